The highest BCUT2D eigenvalue weighted by molar-refractivity contribution is 6.18. The van der Waals surface area contributed by atoms with Crippen LogP contribution in [0.1, 0.15) is 12.1 Å². The van der Waals surface area contributed by atoms with Crippen molar-refractivity contribution < 1.29 is 9.53 Å². The molecule has 0 aromatic carbocycles. The Hall–Kier alpha value is -1.13. The minimum Gasteiger partial charge on any atom is -0.383 e. The second kappa shape index (κ2) is 8.03. The van der Waals surface area contributed by atoms with Crippen LogP contribution in [0, 0.1) is 0 Å². The van der Waals surface area contributed by atoms with Crippen LogP contribution >= 0.6 is 11.6 Å². The zero-order valence-corrected chi connectivity index (χ0v) is 10.7. The van der Waals surface area contributed by atoms with E-state index < -0.39 is 0 Å². The molecule has 0 fully saturated rings. The van der Waals surface area contributed by atoms with Gasteiger partial charge >= 0.3 is 0 Å². The van der Waals surface area contributed by atoms with Crippen LogP contribution < -0.4 is 0 Å². The summed E-state index contributed by atoms with van der Waals surface area (Å²) >= 11 is 5.58. The van der Waals surface area contributed by atoms with Gasteiger partial charge in [0.2, 0.25) is 5.91 Å². The minimum atomic E-state index is 0.0303. The Bertz CT molecular complexity index is 333. The molecule has 0 radical (unpaired) electrons. The van der Waals surface area contributed by atoms with Crippen molar-refractivity contribution in [1.82, 2.24) is 9.88 Å². The van der Waals surface area contributed by atoms with E-state index in [9.17, 15) is 4.79 Å². The summed E-state index contributed by atoms with van der Waals surface area (Å²) in [6.45, 7) is 1.57. The molecular weight excluding hydrogens is 240 g/mol. The van der Waals surface area contributed by atoms with E-state index in [1.165, 1.54) is 0 Å². The van der Waals surface area contributed by atoms with E-state index in [4.69, 9.17) is 16.3 Å². The van der Waals surface area contributed by atoms with Gasteiger partial charge < -0.3 is 9.64 Å². The Morgan fingerprint density at radius 2 is 2.35 bits per heavy atom. The molecule has 0 aliphatic carbocycles. The molecule has 0 saturated heterocycles. The van der Waals surface area contributed by atoms with Gasteiger partial charge in [-0.05, 0) is 12.1 Å². The number of nitrogens with zero attached hydrogens (tertiary/aromatic N) is 2. The average Bonchev–Trinajstić information content (AvgIpc) is 2.36. The predicted octanol–water partition coefficient (Wildman–Crippen LogP) is 1.69. The number of methoxy groups -OCH3 is 1. The number of alkyl halides is 1. The highest BCUT2D eigenvalue weighted by Crippen LogP contribution is 2.04. The number of aromatic nitrogens is 1. The lowest BCUT2D eigenvalue weighted by Crippen LogP contribution is -2.33. The van der Waals surface area contributed by atoms with Gasteiger partial charge in [0.05, 0.1) is 18.8 Å². The summed E-state index contributed by atoms with van der Waals surface area (Å²) in [6.07, 6.45) is 2.06. The summed E-state index contributed by atoms with van der Waals surface area (Å²) in [4.78, 5) is 17.7. The van der Waals surface area contributed by atoms with Crippen LogP contribution in [0.2, 0.25) is 0 Å². The van der Waals surface area contributed by atoms with Gasteiger partial charge in [0.15, 0.2) is 0 Å². The first-order valence-corrected chi connectivity index (χ1v) is 6.04. The van der Waals surface area contributed by atoms with Crippen LogP contribution in [-0.4, -0.2) is 41.9 Å². The van der Waals surface area contributed by atoms with E-state index in [1.807, 2.05) is 18.2 Å². The van der Waals surface area contributed by atoms with Crippen LogP contribution in [0.5, 0.6) is 0 Å². The van der Waals surface area contributed by atoms with Crippen LogP contribution in [0.25, 0.3) is 0 Å². The van der Waals surface area contributed by atoms with Gasteiger partial charge in [-0.2, -0.15) is 0 Å². The molecule has 4 nitrogen and oxygen atoms in total. The molecular formula is C12H17ClN2O2. The van der Waals surface area contributed by atoms with Crippen LogP contribution in [0.15, 0.2) is 24.4 Å². The minimum absolute atomic E-state index is 0.0303. The van der Waals surface area contributed by atoms with Crippen LogP contribution in [0.3, 0.4) is 0 Å². The van der Waals surface area contributed by atoms with E-state index in [0.29, 0.717) is 32.0 Å². The second-order valence-corrected chi connectivity index (χ2v) is 3.95. The van der Waals surface area contributed by atoms with E-state index in [-0.39, 0.29) is 5.91 Å². The standard InChI is InChI=1S/C12H17ClN2O2/c1-17-9-8-15(12(16)5-6-13)10-11-4-2-3-7-14-11/h2-4,7H,5-6,8-10H2,1H3. The molecule has 94 valence electrons. The van der Waals surface area contributed by atoms with Gasteiger partial charge in [-0.1, -0.05) is 6.07 Å². The molecule has 0 N–H and O–H groups in total. The smallest absolute Gasteiger partial charge is 0.224 e. The van der Waals surface area contributed by atoms with Crippen molar-refractivity contribution in [1.29, 1.82) is 0 Å². The molecule has 0 bridgehead atoms. The normalized spacial score (nSPS) is 10.2. The lowest BCUT2D eigenvalue weighted by atomic mass is 10.3. The molecule has 5 heteroatoms. The Labute approximate surface area is 107 Å². The molecule has 0 spiro atoms. The SMILES string of the molecule is COCCN(Cc1ccccn1)C(=O)CCCl. The van der Waals surface area contributed by atoms with Gasteiger partial charge in [-0.25, -0.2) is 0 Å². The van der Waals surface area contributed by atoms with Gasteiger partial charge in [0.1, 0.15) is 0 Å². The summed E-state index contributed by atoms with van der Waals surface area (Å²) in [5, 5.41) is 0. The Morgan fingerprint density at radius 3 is 2.94 bits per heavy atom. The van der Waals surface area contributed by atoms with Crippen molar-refractivity contribution in [3.05, 3.63) is 30.1 Å². The van der Waals surface area contributed by atoms with Gasteiger partial charge in [-0.15, -0.1) is 11.6 Å². The third-order valence-corrected chi connectivity index (χ3v) is 2.49. The maximum atomic E-state index is 11.8. The van der Waals surface area contributed by atoms with Gasteiger partial charge in [0.25, 0.3) is 0 Å². The third kappa shape index (κ3) is 5.15. The summed E-state index contributed by atoms with van der Waals surface area (Å²) in [5.41, 5.74) is 0.867. The van der Waals surface area contributed by atoms with E-state index in [0.717, 1.165) is 5.69 Å². The summed E-state index contributed by atoms with van der Waals surface area (Å²) < 4.78 is 4.99. The summed E-state index contributed by atoms with van der Waals surface area (Å²) in [5.74, 6) is 0.368. The number of pyridine rings is 1. The number of halogens is 1. The number of hydrogen-bond acceptors (Lipinski definition) is 3. The van der Waals surface area contributed by atoms with Crippen molar-refractivity contribution >= 4 is 17.5 Å². The fourth-order valence-electron chi connectivity index (χ4n) is 1.42. The Balaban J connectivity index is 2.59. The second-order valence-electron chi connectivity index (χ2n) is 3.57. The first-order valence-electron chi connectivity index (χ1n) is 5.50. The van der Waals surface area contributed by atoms with Gasteiger partial charge in [-0.3, -0.25) is 9.78 Å². The van der Waals surface area contributed by atoms with E-state index in [2.05, 4.69) is 4.98 Å². The maximum absolute atomic E-state index is 11.8. The number of carbonyl (C=O) groups excluding carboxylic acids is 1. The highest BCUT2D eigenvalue weighted by Gasteiger charge is 2.13. The monoisotopic (exact) mass is 256 g/mol. The molecule has 1 amide bonds. The number of rotatable bonds is 7. The quantitative estimate of drug-likeness (QED) is 0.697. The average molecular weight is 257 g/mol. The zero-order chi connectivity index (χ0) is 12.5. The summed E-state index contributed by atoms with van der Waals surface area (Å²) in [7, 11) is 1.62. The molecule has 0 saturated carbocycles. The van der Waals surface area contributed by atoms with Crippen molar-refractivity contribution in [2.24, 2.45) is 0 Å². The zero-order valence-electron chi connectivity index (χ0n) is 9.93. The molecule has 1 rings (SSSR count). The molecule has 1 aromatic heterocycles. The largest absolute Gasteiger partial charge is 0.383 e. The molecule has 17 heavy (non-hydrogen) atoms. The Morgan fingerprint density at radius 1 is 1.53 bits per heavy atom. The van der Waals surface area contributed by atoms with Crippen molar-refractivity contribution in [3.63, 3.8) is 0 Å². The summed E-state index contributed by atoms with van der Waals surface area (Å²) in [6, 6.07) is 5.65. The third-order valence-electron chi connectivity index (χ3n) is 2.31. The Kier molecular flexibility index (Phi) is 6.58. The fourth-order valence-corrected chi connectivity index (χ4v) is 1.58. The van der Waals surface area contributed by atoms with Crippen molar-refractivity contribution in [3.8, 4) is 0 Å². The molecule has 1 heterocycles. The lowest BCUT2D eigenvalue weighted by molar-refractivity contribution is -0.132. The van der Waals surface area contributed by atoms with Crippen LogP contribution in [0.4, 0.5) is 0 Å². The van der Waals surface area contributed by atoms with Crippen molar-refractivity contribution in [2.75, 3.05) is 26.1 Å². The van der Waals surface area contributed by atoms with E-state index >= 15 is 0 Å². The highest BCUT2D eigenvalue weighted by atomic mass is 35.5. The number of carbonyl (C=O) groups is 1. The number of amides is 1. The molecule has 0 aliphatic rings. The molecule has 0 aliphatic heterocycles. The maximum Gasteiger partial charge on any atom is 0.224 e. The van der Waals surface area contributed by atoms with E-state index in [1.54, 1.807) is 18.2 Å². The molecule has 0 atom stereocenters. The fraction of sp³-hybridized carbons (Fsp3) is 0.500. The van der Waals surface area contributed by atoms with Gasteiger partial charge in [0, 0.05) is 32.2 Å². The molecule has 0 unspecified atom stereocenters. The molecule has 1 aromatic rings. The topological polar surface area (TPSA) is 42.4 Å². The first-order chi connectivity index (χ1) is 8.27. The first kappa shape index (κ1) is 13.9. The number of hydrogen-bond donors (Lipinski definition) is 0. The lowest BCUT2D eigenvalue weighted by Gasteiger charge is -2.21. The van der Waals surface area contributed by atoms with Crippen LogP contribution in [-0.2, 0) is 16.1 Å². The number of ether oxygens (including phenoxy) is 1. The predicted molar refractivity (Wildman–Crippen MR) is 66.9 cm³/mol. The van der Waals surface area contributed by atoms with Crippen molar-refractivity contribution in [2.45, 2.75) is 13.0 Å².